The van der Waals surface area contributed by atoms with Crippen LogP contribution in [0.5, 0.6) is 0 Å². The number of aldehydes is 1. The molecule has 0 unspecified atom stereocenters. The first-order valence-electron chi connectivity index (χ1n) is 4.00. The van der Waals surface area contributed by atoms with Gasteiger partial charge in [-0.3, -0.25) is 9.59 Å². The molecule has 2 heterocycles. The van der Waals surface area contributed by atoms with Crippen molar-refractivity contribution in [3.8, 4) is 10.7 Å². The molecule has 0 aromatic carbocycles. The first kappa shape index (κ1) is 10.3. The maximum Gasteiger partial charge on any atom is 0.251 e. The topological polar surface area (TPSA) is 62.8 Å². The molecule has 2 aromatic heterocycles. The molecule has 4 nitrogen and oxygen atoms in total. The minimum Gasteiger partial charge on any atom is -0.306 e. The van der Waals surface area contributed by atoms with E-state index in [2.05, 4.69) is 25.9 Å². The minimum absolute atomic E-state index is 0.137. The number of aromatic amines is 1. The minimum atomic E-state index is -0.327. The van der Waals surface area contributed by atoms with Crippen LogP contribution in [0.3, 0.4) is 0 Å². The molecule has 0 amide bonds. The second-order valence-corrected chi connectivity index (χ2v) is 4.59. The fraction of sp³-hybridized carbons (Fsp3) is 0. The Bertz CT molecular complexity index is 561. The number of aromatic nitrogens is 2. The standard InChI is InChI=1S/C9H5BrN2O2S/c10-5-1-7(15-4-5)9-11-6(3-13)2-8(14)12-9/h1-4H,(H,11,12,14). The second kappa shape index (κ2) is 4.08. The zero-order valence-corrected chi connectivity index (χ0v) is 9.76. The quantitative estimate of drug-likeness (QED) is 0.859. The van der Waals surface area contributed by atoms with Gasteiger partial charge in [-0.1, -0.05) is 0 Å². The Morgan fingerprint density at radius 1 is 1.47 bits per heavy atom. The number of H-pyrrole nitrogens is 1. The van der Waals surface area contributed by atoms with Gasteiger partial charge >= 0.3 is 0 Å². The molecule has 2 aromatic rings. The van der Waals surface area contributed by atoms with Gasteiger partial charge in [0.1, 0.15) is 5.69 Å². The summed E-state index contributed by atoms with van der Waals surface area (Å²) >= 11 is 4.74. The zero-order chi connectivity index (χ0) is 10.8. The molecule has 6 heteroatoms. The lowest BCUT2D eigenvalue weighted by Gasteiger charge is -1.96. The number of hydrogen-bond donors (Lipinski definition) is 1. The van der Waals surface area contributed by atoms with Gasteiger partial charge in [-0.15, -0.1) is 11.3 Å². The van der Waals surface area contributed by atoms with Crippen molar-refractivity contribution in [1.29, 1.82) is 0 Å². The zero-order valence-electron chi connectivity index (χ0n) is 7.36. The van der Waals surface area contributed by atoms with Gasteiger partial charge in [0.2, 0.25) is 0 Å². The lowest BCUT2D eigenvalue weighted by Crippen LogP contribution is -2.09. The molecule has 0 aliphatic rings. The number of nitrogens with one attached hydrogen (secondary N) is 1. The number of hydrogen-bond acceptors (Lipinski definition) is 4. The first-order chi connectivity index (χ1) is 7.19. The van der Waals surface area contributed by atoms with Crippen LogP contribution in [-0.2, 0) is 0 Å². The summed E-state index contributed by atoms with van der Waals surface area (Å²) < 4.78 is 0.918. The number of thiophene rings is 1. The van der Waals surface area contributed by atoms with E-state index in [0.717, 1.165) is 9.35 Å². The highest BCUT2D eigenvalue weighted by atomic mass is 79.9. The number of carbonyl (C=O) groups excluding carboxylic acids is 1. The van der Waals surface area contributed by atoms with Crippen LogP contribution in [0.1, 0.15) is 10.5 Å². The van der Waals surface area contributed by atoms with Gasteiger partial charge in [0.25, 0.3) is 5.56 Å². The second-order valence-electron chi connectivity index (χ2n) is 2.77. The van der Waals surface area contributed by atoms with Crippen LogP contribution >= 0.6 is 27.3 Å². The Hall–Kier alpha value is -1.27. The first-order valence-corrected chi connectivity index (χ1v) is 5.67. The highest BCUT2D eigenvalue weighted by molar-refractivity contribution is 9.10. The molecule has 0 saturated heterocycles. The number of rotatable bonds is 2. The van der Waals surface area contributed by atoms with Crippen molar-refractivity contribution >= 4 is 33.6 Å². The van der Waals surface area contributed by atoms with E-state index in [1.807, 2.05) is 11.4 Å². The fourth-order valence-electron chi connectivity index (χ4n) is 1.09. The lowest BCUT2D eigenvalue weighted by atomic mass is 10.4. The Morgan fingerprint density at radius 3 is 2.87 bits per heavy atom. The van der Waals surface area contributed by atoms with Crippen molar-refractivity contribution in [1.82, 2.24) is 9.97 Å². The van der Waals surface area contributed by atoms with Crippen molar-refractivity contribution < 1.29 is 4.79 Å². The summed E-state index contributed by atoms with van der Waals surface area (Å²) in [6.07, 6.45) is 0.557. The molecule has 76 valence electrons. The molecule has 0 saturated carbocycles. The van der Waals surface area contributed by atoms with Crippen LogP contribution in [0.15, 0.2) is 26.8 Å². The molecule has 1 N–H and O–H groups in total. The third-order valence-electron chi connectivity index (χ3n) is 1.68. The van der Waals surface area contributed by atoms with Gasteiger partial charge in [0, 0.05) is 15.9 Å². The maximum absolute atomic E-state index is 11.2. The third kappa shape index (κ3) is 2.21. The van der Waals surface area contributed by atoms with Gasteiger partial charge in [-0.25, -0.2) is 4.98 Å². The Kier molecular flexibility index (Phi) is 2.79. The van der Waals surface area contributed by atoms with Gasteiger partial charge in [0.15, 0.2) is 12.1 Å². The van der Waals surface area contributed by atoms with Gasteiger partial charge in [0.05, 0.1) is 4.88 Å². The van der Waals surface area contributed by atoms with Crippen molar-refractivity contribution in [3.63, 3.8) is 0 Å². The Morgan fingerprint density at radius 2 is 2.27 bits per heavy atom. The SMILES string of the molecule is O=Cc1cc(=O)[nH]c(-c2cc(Br)cs2)n1. The van der Waals surface area contributed by atoms with E-state index in [0.29, 0.717) is 12.1 Å². The summed E-state index contributed by atoms with van der Waals surface area (Å²) in [5.41, 5.74) is -0.190. The monoisotopic (exact) mass is 284 g/mol. The molecule has 0 aliphatic heterocycles. The summed E-state index contributed by atoms with van der Waals surface area (Å²) in [6.45, 7) is 0. The van der Waals surface area contributed by atoms with E-state index in [1.54, 1.807) is 0 Å². The fourth-order valence-corrected chi connectivity index (χ4v) is 2.46. The van der Waals surface area contributed by atoms with E-state index in [4.69, 9.17) is 0 Å². The van der Waals surface area contributed by atoms with Gasteiger partial charge < -0.3 is 4.98 Å². The van der Waals surface area contributed by atoms with E-state index >= 15 is 0 Å². The molecule has 0 atom stereocenters. The summed E-state index contributed by atoms with van der Waals surface area (Å²) in [4.78, 5) is 29.1. The molecule has 0 spiro atoms. The normalized spacial score (nSPS) is 10.2. The summed E-state index contributed by atoms with van der Waals surface area (Å²) in [5.74, 6) is 0.417. The van der Waals surface area contributed by atoms with Crippen molar-refractivity contribution in [2.75, 3.05) is 0 Å². The van der Waals surface area contributed by atoms with Gasteiger partial charge in [-0.2, -0.15) is 0 Å². The molecular formula is C9H5BrN2O2S. The molecule has 15 heavy (non-hydrogen) atoms. The van der Waals surface area contributed by atoms with Crippen molar-refractivity contribution in [2.24, 2.45) is 0 Å². The average Bonchev–Trinajstić information content (AvgIpc) is 2.64. The molecule has 0 radical (unpaired) electrons. The van der Waals surface area contributed by atoms with Crippen molar-refractivity contribution in [3.05, 3.63) is 38.0 Å². The highest BCUT2D eigenvalue weighted by Gasteiger charge is 2.05. The van der Waals surface area contributed by atoms with E-state index < -0.39 is 0 Å². The van der Waals surface area contributed by atoms with E-state index in [9.17, 15) is 9.59 Å². The number of halogens is 1. The number of nitrogens with zero attached hydrogens (tertiary/aromatic N) is 1. The highest BCUT2D eigenvalue weighted by Crippen LogP contribution is 2.26. The molecule has 0 aliphatic carbocycles. The summed E-state index contributed by atoms with van der Waals surface area (Å²) in [7, 11) is 0. The maximum atomic E-state index is 11.2. The largest absolute Gasteiger partial charge is 0.306 e. The smallest absolute Gasteiger partial charge is 0.251 e. The summed E-state index contributed by atoms with van der Waals surface area (Å²) in [5, 5.41) is 1.88. The van der Waals surface area contributed by atoms with Crippen LogP contribution in [0.4, 0.5) is 0 Å². The number of carbonyl (C=O) groups is 1. The van der Waals surface area contributed by atoms with Crippen LogP contribution in [0, 0.1) is 0 Å². The third-order valence-corrected chi connectivity index (χ3v) is 3.38. The molecular weight excluding hydrogens is 280 g/mol. The Labute approximate surface area is 97.1 Å². The Balaban J connectivity index is 2.57. The van der Waals surface area contributed by atoms with Crippen LogP contribution < -0.4 is 5.56 Å². The van der Waals surface area contributed by atoms with E-state index in [1.165, 1.54) is 17.4 Å². The van der Waals surface area contributed by atoms with Gasteiger partial charge in [-0.05, 0) is 22.0 Å². The van der Waals surface area contributed by atoms with Crippen LogP contribution in [0.25, 0.3) is 10.7 Å². The molecule has 0 fully saturated rings. The lowest BCUT2D eigenvalue weighted by molar-refractivity contribution is 0.111. The molecule has 0 bridgehead atoms. The van der Waals surface area contributed by atoms with E-state index in [-0.39, 0.29) is 11.3 Å². The summed E-state index contributed by atoms with van der Waals surface area (Å²) in [6, 6.07) is 3.00. The van der Waals surface area contributed by atoms with Crippen LogP contribution in [-0.4, -0.2) is 16.3 Å². The van der Waals surface area contributed by atoms with Crippen LogP contribution in [0.2, 0.25) is 0 Å². The predicted octanol–water partition coefficient (Wildman–Crippen LogP) is 2.07. The molecule has 2 rings (SSSR count). The average molecular weight is 285 g/mol. The predicted molar refractivity (Wildman–Crippen MR) is 61.3 cm³/mol. The van der Waals surface area contributed by atoms with Crippen molar-refractivity contribution in [2.45, 2.75) is 0 Å².